The Kier molecular flexibility index (Phi) is 5.21. The molecule has 0 N–H and O–H groups in total. The van der Waals surface area contributed by atoms with Gasteiger partial charge in [0, 0.05) is 32.7 Å². The second-order valence-corrected chi connectivity index (χ2v) is 8.41. The van der Waals surface area contributed by atoms with E-state index in [0.717, 1.165) is 37.3 Å². The number of anilines is 1. The first-order chi connectivity index (χ1) is 11.9. The molecule has 1 aliphatic carbocycles. The number of rotatable bonds is 6. The van der Waals surface area contributed by atoms with E-state index in [1.165, 1.54) is 11.3 Å². The fraction of sp³-hybridized carbons (Fsp3) is 0.591. The van der Waals surface area contributed by atoms with Crippen molar-refractivity contribution in [2.24, 2.45) is 29.6 Å². The Morgan fingerprint density at radius 3 is 2.32 bits per heavy atom. The maximum atomic E-state index is 11.4. The number of nitrogens with zero attached hydrogens (tertiary/aromatic N) is 2. The third kappa shape index (κ3) is 4.08. The molecule has 3 nitrogen and oxygen atoms in total. The molecule has 2 aliphatic rings. The Hall–Kier alpha value is -1.77. The van der Waals surface area contributed by atoms with Crippen LogP contribution >= 0.6 is 0 Å². The molecule has 0 spiro atoms. The molecule has 1 aliphatic heterocycles. The van der Waals surface area contributed by atoms with Gasteiger partial charge in [0.05, 0.1) is 0 Å². The van der Waals surface area contributed by atoms with Crippen molar-refractivity contribution < 1.29 is 4.79 Å². The molecule has 0 radical (unpaired) electrons. The quantitative estimate of drug-likeness (QED) is 0.775. The molecule has 3 unspecified atom stereocenters. The van der Waals surface area contributed by atoms with Crippen LogP contribution in [0.1, 0.15) is 33.3 Å². The number of amides is 1. The minimum Gasteiger partial charge on any atom is -0.351 e. The summed E-state index contributed by atoms with van der Waals surface area (Å²) in [4.78, 5) is 15.7. The van der Waals surface area contributed by atoms with Gasteiger partial charge in [0.15, 0.2) is 0 Å². The number of piperidine rings is 1. The van der Waals surface area contributed by atoms with Crippen LogP contribution in [0.2, 0.25) is 0 Å². The lowest BCUT2D eigenvalue weighted by Gasteiger charge is -2.20. The molecule has 3 atom stereocenters. The van der Waals surface area contributed by atoms with Crippen LogP contribution in [0.15, 0.2) is 36.5 Å². The van der Waals surface area contributed by atoms with Crippen LogP contribution in [-0.4, -0.2) is 30.9 Å². The molecular formula is C22H32N2O. The molecule has 1 aromatic rings. The molecule has 0 bridgehead atoms. The summed E-state index contributed by atoms with van der Waals surface area (Å²) in [7, 11) is 2.12. The Morgan fingerprint density at radius 1 is 1.20 bits per heavy atom. The first-order valence-electron chi connectivity index (χ1n) is 9.62. The van der Waals surface area contributed by atoms with E-state index in [-0.39, 0.29) is 5.91 Å². The predicted molar refractivity (Wildman–Crippen MR) is 104 cm³/mol. The van der Waals surface area contributed by atoms with Gasteiger partial charge in [-0.25, -0.2) is 0 Å². The van der Waals surface area contributed by atoms with Crippen molar-refractivity contribution in [2.75, 3.05) is 25.0 Å². The zero-order chi connectivity index (χ0) is 18.1. The van der Waals surface area contributed by atoms with Crippen LogP contribution in [0.25, 0.3) is 0 Å². The lowest BCUT2D eigenvalue weighted by atomic mass is 10.0. The second kappa shape index (κ2) is 7.23. The largest absolute Gasteiger partial charge is 0.351 e. The monoisotopic (exact) mass is 340 g/mol. The summed E-state index contributed by atoms with van der Waals surface area (Å²) in [5, 5.41) is 0. The van der Waals surface area contributed by atoms with Crippen molar-refractivity contribution in [1.29, 1.82) is 0 Å². The van der Waals surface area contributed by atoms with Crippen LogP contribution in [0.5, 0.6) is 0 Å². The van der Waals surface area contributed by atoms with Gasteiger partial charge in [-0.1, -0.05) is 39.0 Å². The van der Waals surface area contributed by atoms with Gasteiger partial charge in [-0.15, -0.1) is 0 Å². The molecule has 1 saturated carbocycles. The zero-order valence-corrected chi connectivity index (χ0v) is 16.3. The van der Waals surface area contributed by atoms with Crippen molar-refractivity contribution in [3.05, 3.63) is 42.1 Å². The Balaban J connectivity index is 1.51. The summed E-state index contributed by atoms with van der Waals surface area (Å²) < 4.78 is 0. The van der Waals surface area contributed by atoms with E-state index in [9.17, 15) is 4.79 Å². The SMILES string of the molecule is CC(=O)N1CC2C(C1)C2C(C)/C=C\N(C)c1ccc(CC(C)C)cc1. The van der Waals surface area contributed by atoms with Crippen molar-refractivity contribution in [3.8, 4) is 0 Å². The number of carbonyl (C=O) groups excluding carboxylic acids is 1. The highest BCUT2D eigenvalue weighted by atomic mass is 16.2. The lowest BCUT2D eigenvalue weighted by molar-refractivity contribution is -0.128. The van der Waals surface area contributed by atoms with E-state index in [0.29, 0.717) is 11.8 Å². The average Bonchev–Trinajstić information content (AvgIpc) is 3.06. The first kappa shape index (κ1) is 18.0. The number of benzene rings is 1. The zero-order valence-electron chi connectivity index (χ0n) is 16.3. The molecule has 25 heavy (non-hydrogen) atoms. The highest BCUT2D eigenvalue weighted by Crippen LogP contribution is 2.55. The van der Waals surface area contributed by atoms with Gasteiger partial charge in [0.25, 0.3) is 0 Å². The summed E-state index contributed by atoms with van der Waals surface area (Å²) in [5.74, 6) is 3.71. The van der Waals surface area contributed by atoms with Gasteiger partial charge in [-0.05, 0) is 59.9 Å². The first-order valence-corrected chi connectivity index (χ1v) is 9.62. The molecule has 1 amide bonds. The van der Waals surface area contributed by atoms with Crippen LogP contribution in [0.3, 0.4) is 0 Å². The number of hydrogen-bond donors (Lipinski definition) is 0. The summed E-state index contributed by atoms with van der Waals surface area (Å²) in [6.07, 6.45) is 5.68. The maximum Gasteiger partial charge on any atom is 0.219 e. The standard InChI is InChI=1S/C22H32N2O/c1-15(2)12-18-6-8-19(9-7-18)23(5)11-10-16(3)22-20-13-24(17(4)25)14-21(20)22/h6-11,15-16,20-22H,12-14H2,1-5H3/b11-10-. The maximum absolute atomic E-state index is 11.4. The summed E-state index contributed by atoms with van der Waals surface area (Å²) >= 11 is 0. The second-order valence-electron chi connectivity index (χ2n) is 8.41. The molecule has 3 rings (SSSR count). The lowest BCUT2D eigenvalue weighted by Crippen LogP contribution is -2.29. The van der Waals surface area contributed by atoms with Gasteiger partial charge < -0.3 is 9.80 Å². The molecular weight excluding hydrogens is 308 g/mol. The van der Waals surface area contributed by atoms with E-state index in [1.807, 2.05) is 4.90 Å². The summed E-state index contributed by atoms with van der Waals surface area (Å²) in [6, 6.07) is 8.90. The van der Waals surface area contributed by atoms with E-state index in [2.05, 4.69) is 69.3 Å². The van der Waals surface area contributed by atoms with Crippen molar-refractivity contribution in [3.63, 3.8) is 0 Å². The summed E-state index contributed by atoms with van der Waals surface area (Å²) in [5.41, 5.74) is 2.64. The third-order valence-corrected chi connectivity index (χ3v) is 5.91. The van der Waals surface area contributed by atoms with Crippen molar-refractivity contribution in [1.82, 2.24) is 4.90 Å². The fourth-order valence-electron chi connectivity index (χ4n) is 4.43. The third-order valence-electron chi connectivity index (χ3n) is 5.91. The topological polar surface area (TPSA) is 23.6 Å². The molecule has 1 heterocycles. The Morgan fingerprint density at radius 2 is 1.80 bits per heavy atom. The minimum atomic E-state index is 0.231. The smallest absolute Gasteiger partial charge is 0.219 e. The molecule has 0 aromatic heterocycles. The Bertz CT molecular complexity index is 622. The van der Waals surface area contributed by atoms with Gasteiger partial charge in [-0.3, -0.25) is 4.79 Å². The minimum absolute atomic E-state index is 0.231. The number of hydrogen-bond acceptors (Lipinski definition) is 2. The number of fused-ring (bicyclic) bond motifs is 1. The fourth-order valence-corrected chi connectivity index (χ4v) is 4.43. The normalized spacial score (nSPS) is 26.2. The predicted octanol–water partition coefficient (Wildman–Crippen LogP) is 4.20. The molecule has 3 heteroatoms. The molecule has 136 valence electrons. The average molecular weight is 341 g/mol. The molecule has 1 saturated heterocycles. The van der Waals surface area contributed by atoms with Crippen LogP contribution in [0.4, 0.5) is 5.69 Å². The van der Waals surface area contributed by atoms with Gasteiger partial charge >= 0.3 is 0 Å². The van der Waals surface area contributed by atoms with Crippen molar-refractivity contribution in [2.45, 2.75) is 34.1 Å². The van der Waals surface area contributed by atoms with Crippen LogP contribution in [-0.2, 0) is 11.2 Å². The van der Waals surface area contributed by atoms with Crippen molar-refractivity contribution >= 4 is 11.6 Å². The number of likely N-dealkylation sites (tertiary alicyclic amines) is 1. The molecule has 1 aromatic carbocycles. The van der Waals surface area contributed by atoms with E-state index in [1.54, 1.807) is 6.92 Å². The van der Waals surface area contributed by atoms with Crippen LogP contribution < -0.4 is 4.90 Å². The number of allylic oxidation sites excluding steroid dienone is 1. The van der Waals surface area contributed by atoms with Gasteiger partial charge in [0.2, 0.25) is 5.91 Å². The van der Waals surface area contributed by atoms with Gasteiger partial charge in [0.1, 0.15) is 0 Å². The van der Waals surface area contributed by atoms with E-state index >= 15 is 0 Å². The van der Waals surface area contributed by atoms with E-state index < -0.39 is 0 Å². The summed E-state index contributed by atoms with van der Waals surface area (Å²) in [6.45, 7) is 10.5. The van der Waals surface area contributed by atoms with Gasteiger partial charge in [-0.2, -0.15) is 0 Å². The van der Waals surface area contributed by atoms with E-state index in [4.69, 9.17) is 0 Å². The highest BCUT2D eigenvalue weighted by molar-refractivity contribution is 5.73. The highest BCUT2D eigenvalue weighted by Gasteiger charge is 2.57. The van der Waals surface area contributed by atoms with Crippen LogP contribution in [0, 0.1) is 29.6 Å². The molecule has 2 fully saturated rings. The number of carbonyl (C=O) groups is 1. The Labute approximate surface area is 152 Å².